The Labute approximate surface area is 123 Å². The number of rotatable bonds is 3. The lowest BCUT2D eigenvalue weighted by Crippen LogP contribution is -2.04. The molecule has 0 atom stereocenters. The number of nitrogens with zero attached hydrogens (tertiary/aromatic N) is 1. The van der Waals surface area contributed by atoms with Crippen molar-refractivity contribution in [1.29, 1.82) is 0 Å². The Morgan fingerprint density at radius 3 is 2.90 bits per heavy atom. The maximum atomic E-state index is 11.6. The van der Waals surface area contributed by atoms with Crippen LogP contribution < -0.4 is 0 Å². The number of aromatic nitrogens is 1. The molecule has 1 aromatic carbocycles. The van der Waals surface area contributed by atoms with Gasteiger partial charge >= 0.3 is 5.97 Å². The lowest BCUT2D eigenvalue weighted by atomic mass is 10.1. The van der Waals surface area contributed by atoms with Gasteiger partial charge in [-0.3, -0.25) is 0 Å². The summed E-state index contributed by atoms with van der Waals surface area (Å²) < 4.78 is 4.95. The Bertz CT molecular complexity index is 692. The molecule has 0 aliphatic carbocycles. The first-order valence-electron chi connectivity index (χ1n) is 6.44. The van der Waals surface area contributed by atoms with E-state index in [9.17, 15) is 4.79 Å². The van der Waals surface area contributed by atoms with Crippen molar-refractivity contribution in [3.05, 3.63) is 46.1 Å². The van der Waals surface area contributed by atoms with Gasteiger partial charge in [0, 0.05) is 16.5 Å². The molecular formula is C16H16ClNO2. The van der Waals surface area contributed by atoms with Crippen LogP contribution in [-0.4, -0.2) is 17.6 Å². The summed E-state index contributed by atoms with van der Waals surface area (Å²) in [7, 11) is 0. The minimum Gasteiger partial charge on any atom is -0.463 e. The maximum absolute atomic E-state index is 11.6. The summed E-state index contributed by atoms with van der Waals surface area (Å²) in [4.78, 5) is 16.0. The topological polar surface area (TPSA) is 39.2 Å². The van der Waals surface area contributed by atoms with E-state index >= 15 is 0 Å². The standard InChI is InChI=1S/C16H16ClNO2/c1-4-20-16(19)11(3)8-13-9-12-7-5-6-10(2)14(12)18-15(13)17/h5-9H,4H2,1-3H3/b11-8+. The van der Waals surface area contributed by atoms with Crippen molar-refractivity contribution in [3.63, 3.8) is 0 Å². The van der Waals surface area contributed by atoms with Crippen LogP contribution in [0.4, 0.5) is 0 Å². The molecule has 0 unspecified atom stereocenters. The summed E-state index contributed by atoms with van der Waals surface area (Å²) >= 11 is 6.19. The van der Waals surface area contributed by atoms with Crippen LogP contribution in [0.25, 0.3) is 17.0 Å². The molecule has 1 heterocycles. The molecule has 0 aliphatic heterocycles. The number of benzene rings is 1. The van der Waals surface area contributed by atoms with E-state index in [4.69, 9.17) is 16.3 Å². The summed E-state index contributed by atoms with van der Waals surface area (Å²) in [6.45, 7) is 5.82. The van der Waals surface area contributed by atoms with E-state index in [-0.39, 0.29) is 5.97 Å². The van der Waals surface area contributed by atoms with Gasteiger partial charge in [0.15, 0.2) is 0 Å². The number of esters is 1. The Morgan fingerprint density at radius 1 is 1.45 bits per heavy atom. The normalized spacial score (nSPS) is 11.7. The highest BCUT2D eigenvalue weighted by molar-refractivity contribution is 6.31. The van der Waals surface area contributed by atoms with E-state index in [1.165, 1.54) is 0 Å². The van der Waals surface area contributed by atoms with Gasteiger partial charge in [0.1, 0.15) is 5.15 Å². The Kier molecular flexibility index (Phi) is 4.40. The van der Waals surface area contributed by atoms with Gasteiger partial charge in [-0.2, -0.15) is 0 Å². The van der Waals surface area contributed by atoms with Crippen molar-refractivity contribution >= 4 is 34.5 Å². The predicted octanol–water partition coefficient (Wildman–Crippen LogP) is 4.16. The van der Waals surface area contributed by atoms with E-state index in [2.05, 4.69) is 4.98 Å². The Morgan fingerprint density at radius 2 is 2.20 bits per heavy atom. The van der Waals surface area contributed by atoms with Crippen molar-refractivity contribution in [1.82, 2.24) is 4.98 Å². The fourth-order valence-corrected chi connectivity index (χ4v) is 2.17. The molecule has 2 aromatic rings. The second kappa shape index (κ2) is 6.06. The van der Waals surface area contributed by atoms with Crippen molar-refractivity contribution in [2.24, 2.45) is 0 Å². The number of carbonyl (C=O) groups excluding carboxylic acids is 1. The fourth-order valence-electron chi connectivity index (χ4n) is 1.98. The average Bonchev–Trinajstić information content (AvgIpc) is 2.41. The molecule has 0 aliphatic rings. The molecule has 104 valence electrons. The summed E-state index contributed by atoms with van der Waals surface area (Å²) in [6, 6.07) is 7.87. The third kappa shape index (κ3) is 2.99. The lowest BCUT2D eigenvalue weighted by molar-refractivity contribution is -0.138. The lowest BCUT2D eigenvalue weighted by Gasteiger charge is -2.06. The molecule has 2 rings (SSSR count). The minimum absolute atomic E-state index is 0.340. The van der Waals surface area contributed by atoms with Gasteiger partial charge in [0.25, 0.3) is 0 Å². The predicted molar refractivity (Wildman–Crippen MR) is 81.8 cm³/mol. The van der Waals surface area contributed by atoms with Gasteiger partial charge in [-0.1, -0.05) is 29.8 Å². The van der Waals surface area contributed by atoms with Crippen molar-refractivity contribution < 1.29 is 9.53 Å². The molecule has 0 saturated carbocycles. The van der Waals surface area contributed by atoms with Crippen LogP contribution in [0.1, 0.15) is 25.0 Å². The number of carbonyl (C=O) groups is 1. The number of halogens is 1. The number of ether oxygens (including phenoxy) is 1. The Balaban J connectivity index is 2.48. The monoisotopic (exact) mass is 289 g/mol. The number of fused-ring (bicyclic) bond motifs is 1. The Hall–Kier alpha value is -1.87. The molecule has 0 amide bonds. The second-order valence-corrected chi connectivity index (χ2v) is 4.92. The molecule has 0 spiro atoms. The number of hydrogen-bond donors (Lipinski definition) is 0. The van der Waals surface area contributed by atoms with E-state index < -0.39 is 0 Å². The smallest absolute Gasteiger partial charge is 0.333 e. The third-order valence-corrected chi connectivity index (χ3v) is 3.30. The molecule has 0 N–H and O–H groups in total. The van der Waals surface area contributed by atoms with Gasteiger partial charge in [0.05, 0.1) is 12.1 Å². The largest absolute Gasteiger partial charge is 0.463 e. The molecule has 20 heavy (non-hydrogen) atoms. The molecule has 0 fully saturated rings. The van der Waals surface area contributed by atoms with Crippen LogP contribution in [0.5, 0.6) is 0 Å². The number of para-hydroxylation sites is 1. The highest BCUT2D eigenvalue weighted by Gasteiger charge is 2.09. The quantitative estimate of drug-likeness (QED) is 0.484. The van der Waals surface area contributed by atoms with Gasteiger partial charge < -0.3 is 4.74 Å². The number of aryl methyl sites for hydroxylation is 1. The SMILES string of the molecule is CCOC(=O)/C(C)=C/c1cc2cccc(C)c2nc1Cl. The van der Waals surface area contributed by atoms with Crippen molar-refractivity contribution in [2.75, 3.05) is 6.61 Å². The first-order chi connectivity index (χ1) is 9.52. The van der Waals surface area contributed by atoms with Crippen LogP contribution in [0.2, 0.25) is 5.15 Å². The third-order valence-electron chi connectivity index (χ3n) is 3.00. The van der Waals surface area contributed by atoms with Crippen LogP contribution in [-0.2, 0) is 9.53 Å². The molecule has 0 radical (unpaired) electrons. The minimum atomic E-state index is -0.340. The molecule has 0 bridgehead atoms. The number of pyridine rings is 1. The molecule has 4 heteroatoms. The average molecular weight is 290 g/mol. The zero-order chi connectivity index (χ0) is 14.7. The van der Waals surface area contributed by atoms with E-state index in [1.807, 2.05) is 31.2 Å². The summed E-state index contributed by atoms with van der Waals surface area (Å²) in [6.07, 6.45) is 1.70. The van der Waals surface area contributed by atoms with Crippen LogP contribution in [0.3, 0.4) is 0 Å². The van der Waals surface area contributed by atoms with Gasteiger partial charge in [-0.25, -0.2) is 9.78 Å². The molecule has 0 saturated heterocycles. The van der Waals surface area contributed by atoms with Crippen molar-refractivity contribution in [3.8, 4) is 0 Å². The molecule has 1 aromatic heterocycles. The van der Waals surface area contributed by atoms with Crippen molar-refractivity contribution in [2.45, 2.75) is 20.8 Å². The summed E-state index contributed by atoms with van der Waals surface area (Å²) in [5.41, 5.74) is 3.17. The second-order valence-electron chi connectivity index (χ2n) is 4.56. The first-order valence-corrected chi connectivity index (χ1v) is 6.82. The zero-order valence-corrected chi connectivity index (χ0v) is 12.5. The highest BCUT2D eigenvalue weighted by Crippen LogP contribution is 2.24. The molecule has 3 nitrogen and oxygen atoms in total. The van der Waals surface area contributed by atoms with E-state index in [1.54, 1.807) is 19.9 Å². The van der Waals surface area contributed by atoms with Crippen LogP contribution in [0.15, 0.2) is 29.8 Å². The number of hydrogen-bond acceptors (Lipinski definition) is 3. The van der Waals surface area contributed by atoms with E-state index in [0.29, 0.717) is 17.3 Å². The van der Waals surface area contributed by atoms with Gasteiger partial charge in [-0.15, -0.1) is 0 Å². The van der Waals surface area contributed by atoms with Gasteiger partial charge in [-0.05, 0) is 38.5 Å². The zero-order valence-electron chi connectivity index (χ0n) is 11.7. The van der Waals surface area contributed by atoms with E-state index in [0.717, 1.165) is 22.0 Å². The summed E-state index contributed by atoms with van der Waals surface area (Å²) in [5, 5.41) is 1.38. The van der Waals surface area contributed by atoms with Crippen LogP contribution in [0, 0.1) is 6.92 Å². The highest BCUT2D eigenvalue weighted by atomic mass is 35.5. The summed E-state index contributed by atoms with van der Waals surface area (Å²) in [5.74, 6) is -0.340. The first kappa shape index (κ1) is 14.5. The maximum Gasteiger partial charge on any atom is 0.333 e. The fraction of sp³-hybridized carbons (Fsp3) is 0.250. The van der Waals surface area contributed by atoms with Crippen LogP contribution >= 0.6 is 11.6 Å². The van der Waals surface area contributed by atoms with Gasteiger partial charge in [0.2, 0.25) is 0 Å². The molecular weight excluding hydrogens is 274 g/mol.